The molecule has 1 N–H and O–H groups in total. The first-order valence-corrected chi connectivity index (χ1v) is 5.31. The van der Waals surface area contributed by atoms with Crippen LogP contribution in [0, 0.1) is 0 Å². The van der Waals surface area contributed by atoms with Gasteiger partial charge in [-0.25, -0.2) is 0 Å². The van der Waals surface area contributed by atoms with Crippen molar-refractivity contribution < 1.29 is 4.55 Å². The second-order valence-corrected chi connectivity index (χ2v) is 3.17. The molecule has 1 aromatic rings. The SMILES string of the molecule is CSO.c1ccc2c(c1)CCC2. The van der Waals surface area contributed by atoms with E-state index in [1.54, 1.807) is 17.4 Å². The first-order valence-electron chi connectivity index (χ1n) is 4.13. The van der Waals surface area contributed by atoms with Gasteiger partial charge in [0, 0.05) is 6.26 Å². The Labute approximate surface area is 78.0 Å². The van der Waals surface area contributed by atoms with Gasteiger partial charge in [0.2, 0.25) is 0 Å². The molecule has 0 atom stereocenters. The second kappa shape index (κ2) is 5.22. The molecule has 2 rings (SSSR count). The topological polar surface area (TPSA) is 20.2 Å². The highest BCUT2D eigenvalue weighted by atomic mass is 32.2. The summed E-state index contributed by atoms with van der Waals surface area (Å²) in [7, 11) is 0. The lowest BCUT2D eigenvalue weighted by Crippen LogP contribution is -1.77. The number of aryl methyl sites for hydroxylation is 2. The lowest BCUT2D eigenvalue weighted by atomic mass is 10.1. The van der Waals surface area contributed by atoms with E-state index in [-0.39, 0.29) is 0 Å². The predicted octanol–water partition coefficient (Wildman–Crippen LogP) is 3.00. The Kier molecular flexibility index (Phi) is 4.19. The summed E-state index contributed by atoms with van der Waals surface area (Å²) in [5.74, 6) is 0. The van der Waals surface area contributed by atoms with Gasteiger partial charge in [0.05, 0.1) is 0 Å². The third-order valence-corrected chi connectivity index (χ3v) is 2.01. The molecule has 12 heavy (non-hydrogen) atoms. The fourth-order valence-corrected chi connectivity index (χ4v) is 1.51. The predicted molar refractivity (Wildman–Crippen MR) is 54.6 cm³/mol. The average Bonchev–Trinajstić information content (AvgIpc) is 2.52. The number of benzene rings is 1. The van der Waals surface area contributed by atoms with E-state index >= 15 is 0 Å². The van der Waals surface area contributed by atoms with E-state index in [1.807, 2.05) is 0 Å². The van der Waals surface area contributed by atoms with Gasteiger partial charge in [-0.1, -0.05) is 24.3 Å². The zero-order chi connectivity index (χ0) is 8.81. The molecule has 0 radical (unpaired) electrons. The monoisotopic (exact) mass is 182 g/mol. The molecular formula is C10H14OS. The number of hydrogen-bond donors (Lipinski definition) is 1. The van der Waals surface area contributed by atoms with Crippen molar-refractivity contribution in [1.29, 1.82) is 0 Å². The van der Waals surface area contributed by atoms with Crippen LogP contribution in [-0.2, 0) is 12.8 Å². The third kappa shape index (κ3) is 2.54. The van der Waals surface area contributed by atoms with Crippen molar-refractivity contribution in [3.05, 3.63) is 35.4 Å². The molecule has 0 amide bonds. The van der Waals surface area contributed by atoms with Crippen LogP contribution in [0.15, 0.2) is 24.3 Å². The molecule has 0 aliphatic heterocycles. The van der Waals surface area contributed by atoms with Crippen LogP contribution >= 0.6 is 12.0 Å². The zero-order valence-corrected chi connectivity index (χ0v) is 8.10. The molecular weight excluding hydrogens is 168 g/mol. The normalized spacial score (nSPS) is 13.2. The average molecular weight is 182 g/mol. The highest BCUT2D eigenvalue weighted by Crippen LogP contribution is 2.20. The maximum absolute atomic E-state index is 7.49. The van der Waals surface area contributed by atoms with Gasteiger partial charge in [-0.15, -0.1) is 0 Å². The molecule has 0 heterocycles. The first kappa shape index (κ1) is 9.62. The summed E-state index contributed by atoms with van der Waals surface area (Å²) in [5.41, 5.74) is 3.13. The van der Waals surface area contributed by atoms with Crippen molar-refractivity contribution in [3.8, 4) is 0 Å². The molecule has 1 aliphatic rings. The summed E-state index contributed by atoms with van der Waals surface area (Å²) in [6.45, 7) is 0. The summed E-state index contributed by atoms with van der Waals surface area (Å²) >= 11 is 0.750. The fourth-order valence-electron chi connectivity index (χ4n) is 1.51. The van der Waals surface area contributed by atoms with E-state index in [0.717, 1.165) is 12.0 Å². The van der Waals surface area contributed by atoms with Crippen molar-refractivity contribution in [2.24, 2.45) is 0 Å². The van der Waals surface area contributed by atoms with Crippen molar-refractivity contribution in [2.75, 3.05) is 6.26 Å². The molecule has 0 fully saturated rings. The summed E-state index contributed by atoms with van der Waals surface area (Å²) in [5, 5.41) is 0. The van der Waals surface area contributed by atoms with E-state index in [0.29, 0.717) is 0 Å². The van der Waals surface area contributed by atoms with Crippen molar-refractivity contribution in [3.63, 3.8) is 0 Å². The van der Waals surface area contributed by atoms with Gasteiger partial charge in [0.1, 0.15) is 0 Å². The second-order valence-electron chi connectivity index (χ2n) is 2.80. The Morgan fingerprint density at radius 1 is 1.17 bits per heavy atom. The smallest absolute Gasteiger partial charge is 0.00795 e. The molecule has 0 saturated heterocycles. The van der Waals surface area contributed by atoms with Crippen molar-refractivity contribution in [1.82, 2.24) is 0 Å². The minimum Gasteiger partial charge on any atom is -0.330 e. The number of hydrogen-bond acceptors (Lipinski definition) is 2. The lowest BCUT2D eigenvalue weighted by Gasteiger charge is -1.93. The number of fused-ring (bicyclic) bond motifs is 1. The maximum atomic E-state index is 7.49. The van der Waals surface area contributed by atoms with Crippen molar-refractivity contribution in [2.45, 2.75) is 19.3 Å². The zero-order valence-electron chi connectivity index (χ0n) is 7.29. The van der Waals surface area contributed by atoms with Crippen LogP contribution in [0.2, 0.25) is 0 Å². The van der Waals surface area contributed by atoms with Gasteiger partial charge in [-0.2, -0.15) is 0 Å². The number of rotatable bonds is 0. The van der Waals surface area contributed by atoms with E-state index < -0.39 is 0 Å². The van der Waals surface area contributed by atoms with Crippen LogP contribution < -0.4 is 0 Å². The summed E-state index contributed by atoms with van der Waals surface area (Å²) in [6, 6.07) is 8.74. The highest BCUT2D eigenvalue weighted by molar-refractivity contribution is 7.93. The lowest BCUT2D eigenvalue weighted by molar-refractivity contribution is 0.669. The van der Waals surface area contributed by atoms with E-state index in [2.05, 4.69) is 24.3 Å². The molecule has 0 bridgehead atoms. The Bertz CT molecular complexity index is 212. The van der Waals surface area contributed by atoms with Crippen LogP contribution in [0.25, 0.3) is 0 Å². The maximum Gasteiger partial charge on any atom is 0.00795 e. The molecule has 0 spiro atoms. The molecule has 0 saturated carbocycles. The van der Waals surface area contributed by atoms with Gasteiger partial charge in [0.15, 0.2) is 0 Å². The quantitative estimate of drug-likeness (QED) is 0.622. The molecule has 0 unspecified atom stereocenters. The molecule has 2 heteroatoms. The van der Waals surface area contributed by atoms with Gasteiger partial charge in [-0.05, 0) is 42.4 Å². The van der Waals surface area contributed by atoms with Crippen LogP contribution in [-0.4, -0.2) is 10.8 Å². The Hall–Kier alpha value is -0.470. The molecule has 1 aromatic carbocycles. The minimum absolute atomic E-state index is 0.750. The van der Waals surface area contributed by atoms with Crippen LogP contribution in [0.5, 0.6) is 0 Å². The third-order valence-electron chi connectivity index (χ3n) is 2.01. The summed E-state index contributed by atoms with van der Waals surface area (Å²) in [6.07, 6.45) is 5.56. The first-order chi connectivity index (χ1) is 5.88. The highest BCUT2D eigenvalue weighted by Gasteiger charge is 2.07. The van der Waals surface area contributed by atoms with Gasteiger partial charge >= 0.3 is 0 Å². The summed E-state index contributed by atoms with van der Waals surface area (Å²) < 4.78 is 7.49. The largest absolute Gasteiger partial charge is 0.330 e. The fraction of sp³-hybridized carbons (Fsp3) is 0.400. The molecule has 1 nitrogen and oxygen atoms in total. The standard InChI is InChI=1S/C9H10.CH4OS/c1-2-5-9-7-3-6-8(9)4-1;1-3-2/h1-2,4-5H,3,6-7H2;2H,1H3. The molecule has 0 aromatic heterocycles. The Balaban J connectivity index is 0.000000213. The minimum atomic E-state index is 0.750. The van der Waals surface area contributed by atoms with Gasteiger partial charge in [0.25, 0.3) is 0 Å². The van der Waals surface area contributed by atoms with Crippen molar-refractivity contribution >= 4 is 12.0 Å². The Morgan fingerprint density at radius 3 is 2.00 bits per heavy atom. The van der Waals surface area contributed by atoms with Crippen LogP contribution in [0.1, 0.15) is 17.5 Å². The van der Waals surface area contributed by atoms with E-state index in [4.69, 9.17) is 4.55 Å². The van der Waals surface area contributed by atoms with Crippen LogP contribution in [0.4, 0.5) is 0 Å². The Morgan fingerprint density at radius 2 is 1.58 bits per heavy atom. The molecule has 1 aliphatic carbocycles. The van der Waals surface area contributed by atoms with Gasteiger partial charge in [-0.3, -0.25) is 0 Å². The summed E-state index contributed by atoms with van der Waals surface area (Å²) in [4.78, 5) is 0. The van der Waals surface area contributed by atoms with E-state index in [1.165, 1.54) is 19.3 Å². The van der Waals surface area contributed by atoms with E-state index in [9.17, 15) is 0 Å². The molecule has 66 valence electrons. The van der Waals surface area contributed by atoms with Gasteiger partial charge < -0.3 is 4.55 Å². The van der Waals surface area contributed by atoms with Crippen LogP contribution in [0.3, 0.4) is 0 Å².